The first-order valence-corrected chi connectivity index (χ1v) is 16.9. The van der Waals surface area contributed by atoms with Crippen LogP contribution in [0.2, 0.25) is 0 Å². The lowest BCUT2D eigenvalue weighted by atomic mass is 10.1. The number of ether oxygens (including phenoxy) is 6. The summed E-state index contributed by atoms with van der Waals surface area (Å²) in [6, 6.07) is 23.4. The molecule has 1 unspecified atom stereocenters. The third-order valence-corrected chi connectivity index (χ3v) is 8.43. The standard InChI is InChI=1S/C39H42N2O10/c1-2-18-50-31-14-12-30(13-15-31)34-27-39(34,38(45)51-28-29-8-4-3-5-9-29)40-35(42)16-19-46-21-23-48-25-26-49-24-22-47-20-17-41-36(43)32-10-6-7-11-33(32)37(41)44/h1,3-15,34H,16-28H2,(H,40,42)/t34-,39?/m0/s1. The smallest absolute Gasteiger partial charge is 0.332 e. The number of nitrogens with zero attached hydrogens (tertiary/aromatic N) is 1. The topological polar surface area (TPSA) is 139 Å². The summed E-state index contributed by atoms with van der Waals surface area (Å²) in [5.41, 5.74) is 1.40. The zero-order valence-electron chi connectivity index (χ0n) is 28.4. The minimum atomic E-state index is -1.17. The highest BCUT2D eigenvalue weighted by Crippen LogP contribution is 2.52. The van der Waals surface area contributed by atoms with Gasteiger partial charge in [-0.2, -0.15) is 0 Å². The maximum Gasteiger partial charge on any atom is 0.332 e. The highest BCUT2D eigenvalue weighted by Gasteiger charge is 2.63. The van der Waals surface area contributed by atoms with E-state index in [4.69, 9.17) is 34.8 Å². The molecule has 3 aromatic rings. The Kier molecular flexibility index (Phi) is 13.7. The van der Waals surface area contributed by atoms with Crippen LogP contribution in [0.3, 0.4) is 0 Å². The number of terminal acetylenes is 1. The summed E-state index contributed by atoms with van der Waals surface area (Å²) < 4.78 is 33.2. The van der Waals surface area contributed by atoms with Gasteiger partial charge < -0.3 is 33.7 Å². The molecule has 12 nitrogen and oxygen atoms in total. The highest BCUT2D eigenvalue weighted by molar-refractivity contribution is 6.21. The van der Waals surface area contributed by atoms with E-state index < -0.39 is 11.5 Å². The first-order valence-electron chi connectivity index (χ1n) is 16.9. The van der Waals surface area contributed by atoms with E-state index in [2.05, 4.69) is 11.2 Å². The van der Waals surface area contributed by atoms with Crippen molar-refractivity contribution in [3.8, 4) is 18.1 Å². The van der Waals surface area contributed by atoms with E-state index in [1.54, 1.807) is 36.4 Å². The minimum absolute atomic E-state index is 0.0649. The number of benzene rings is 3. The number of esters is 1. The Morgan fingerprint density at radius 3 is 1.94 bits per heavy atom. The number of amides is 3. The highest BCUT2D eigenvalue weighted by atomic mass is 16.6. The van der Waals surface area contributed by atoms with Gasteiger partial charge in [0.05, 0.1) is 70.5 Å². The first-order chi connectivity index (χ1) is 24.9. The first kappa shape index (κ1) is 37.2. The molecule has 0 bridgehead atoms. The fraction of sp³-hybridized carbons (Fsp3) is 0.385. The van der Waals surface area contributed by atoms with Gasteiger partial charge in [0.1, 0.15) is 24.5 Å². The number of rotatable bonds is 22. The van der Waals surface area contributed by atoms with Crippen LogP contribution >= 0.6 is 0 Å². The summed E-state index contributed by atoms with van der Waals surface area (Å²) in [5.74, 6) is 1.39. The lowest BCUT2D eigenvalue weighted by molar-refractivity contribution is -0.150. The van der Waals surface area contributed by atoms with Gasteiger partial charge in [-0.05, 0) is 41.8 Å². The van der Waals surface area contributed by atoms with Crippen LogP contribution in [0.25, 0.3) is 0 Å². The fourth-order valence-electron chi connectivity index (χ4n) is 5.69. The zero-order valence-corrected chi connectivity index (χ0v) is 28.4. The quantitative estimate of drug-likeness (QED) is 0.0718. The van der Waals surface area contributed by atoms with E-state index in [9.17, 15) is 19.2 Å². The molecule has 2 aliphatic rings. The zero-order chi connectivity index (χ0) is 35.9. The molecule has 0 radical (unpaired) electrons. The normalized spacial score (nSPS) is 17.5. The maximum absolute atomic E-state index is 13.4. The van der Waals surface area contributed by atoms with Crippen molar-refractivity contribution in [2.24, 2.45) is 0 Å². The molecule has 268 valence electrons. The number of hydrogen-bond donors (Lipinski definition) is 1. The molecule has 1 fully saturated rings. The number of nitrogens with one attached hydrogen (secondary N) is 1. The average Bonchev–Trinajstić information content (AvgIpc) is 3.83. The van der Waals surface area contributed by atoms with Crippen molar-refractivity contribution < 1.29 is 47.6 Å². The number of fused-ring (bicyclic) bond motifs is 1. The molecule has 0 saturated heterocycles. The minimum Gasteiger partial charge on any atom is -0.481 e. The van der Waals surface area contributed by atoms with Crippen LogP contribution in [0.1, 0.15) is 50.6 Å². The molecule has 3 amide bonds. The van der Waals surface area contributed by atoms with E-state index >= 15 is 0 Å². The van der Waals surface area contributed by atoms with Crippen molar-refractivity contribution in [2.45, 2.75) is 30.9 Å². The van der Waals surface area contributed by atoms with Crippen LogP contribution < -0.4 is 10.1 Å². The predicted molar refractivity (Wildman–Crippen MR) is 185 cm³/mol. The van der Waals surface area contributed by atoms with Crippen LogP contribution in [0, 0.1) is 12.3 Å². The van der Waals surface area contributed by atoms with Crippen LogP contribution in [-0.2, 0) is 39.9 Å². The van der Waals surface area contributed by atoms with Crippen molar-refractivity contribution in [1.29, 1.82) is 0 Å². The Balaban J connectivity index is 0.925. The molecular formula is C39H42N2O10. The Hall–Kier alpha value is -5.06. The van der Waals surface area contributed by atoms with Crippen molar-refractivity contribution in [3.05, 3.63) is 101 Å². The second kappa shape index (κ2) is 18.8. The van der Waals surface area contributed by atoms with Gasteiger partial charge >= 0.3 is 5.97 Å². The second-order valence-corrected chi connectivity index (χ2v) is 11.9. The van der Waals surface area contributed by atoms with Gasteiger partial charge in [0.2, 0.25) is 5.91 Å². The van der Waals surface area contributed by atoms with Crippen molar-refractivity contribution in [1.82, 2.24) is 10.2 Å². The van der Waals surface area contributed by atoms with E-state index in [1.807, 2.05) is 42.5 Å². The molecule has 0 aromatic heterocycles. The second-order valence-electron chi connectivity index (χ2n) is 11.9. The number of imide groups is 1. The lowest BCUT2D eigenvalue weighted by Crippen LogP contribution is -2.45. The molecule has 1 saturated carbocycles. The molecule has 3 aromatic carbocycles. The molecule has 1 N–H and O–H groups in total. The molecular weight excluding hydrogens is 656 g/mol. The lowest BCUT2D eigenvalue weighted by Gasteiger charge is -2.19. The van der Waals surface area contributed by atoms with Crippen molar-refractivity contribution >= 4 is 23.7 Å². The van der Waals surface area contributed by atoms with Gasteiger partial charge in [0.15, 0.2) is 0 Å². The average molecular weight is 699 g/mol. The van der Waals surface area contributed by atoms with Crippen LogP contribution in [-0.4, -0.2) is 100 Å². The van der Waals surface area contributed by atoms with E-state index in [0.29, 0.717) is 56.3 Å². The summed E-state index contributed by atoms with van der Waals surface area (Å²) in [6.45, 7) is 2.78. The SMILES string of the molecule is C#CCOc1ccc([C@@H]2CC2(NC(=O)CCOCCOCCOCCOCCN2C(=O)c3ccccc3C2=O)C(=O)OCc2ccccc2)cc1. The van der Waals surface area contributed by atoms with Gasteiger partial charge in [-0.1, -0.05) is 60.5 Å². The maximum atomic E-state index is 13.4. The van der Waals surface area contributed by atoms with Crippen LogP contribution in [0.5, 0.6) is 5.75 Å². The van der Waals surface area contributed by atoms with E-state index in [1.165, 1.54) is 4.90 Å². The third-order valence-electron chi connectivity index (χ3n) is 8.43. The number of hydrogen-bond acceptors (Lipinski definition) is 10. The van der Waals surface area contributed by atoms with Gasteiger partial charge in [-0.25, -0.2) is 4.79 Å². The number of carbonyl (C=O) groups excluding carboxylic acids is 4. The molecule has 1 heterocycles. The predicted octanol–water partition coefficient (Wildman–Crippen LogP) is 3.54. The van der Waals surface area contributed by atoms with E-state index in [0.717, 1.165) is 11.1 Å². The Labute approximate surface area is 297 Å². The Morgan fingerprint density at radius 1 is 0.765 bits per heavy atom. The molecule has 2 atom stereocenters. The van der Waals surface area contributed by atoms with Crippen LogP contribution in [0.4, 0.5) is 0 Å². The number of carbonyl (C=O) groups is 4. The fourth-order valence-corrected chi connectivity index (χ4v) is 5.69. The molecule has 51 heavy (non-hydrogen) atoms. The monoisotopic (exact) mass is 698 g/mol. The molecule has 5 rings (SSSR count). The summed E-state index contributed by atoms with van der Waals surface area (Å²) in [7, 11) is 0. The Bertz CT molecular complexity index is 1640. The van der Waals surface area contributed by atoms with Crippen molar-refractivity contribution in [2.75, 3.05) is 66.0 Å². The molecule has 0 spiro atoms. The summed E-state index contributed by atoms with van der Waals surface area (Å²) in [6.07, 6.45) is 5.75. The molecule has 1 aliphatic heterocycles. The van der Waals surface area contributed by atoms with Gasteiger partial charge in [-0.3, -0.25) is 19.3 Å². The molecule has 1 aliphatic carbocycles. The van der Waals surface area contributed by atoms with Crippen molar-refractivity contribution in [3.63, 3.8) is 0 Å². The van der Waals surface area contributed by atoms with Crippen LogP contribution in [0.15, 0.2) is 78.9 Å². The Morgan fingerprint density at radius 2 is 1.33 bits per heavy atom. The largest absolute Gasteiger partial charge is 0.481 e. The summed E-state index contributed by atoms with van der Waals surface area (Å²) in [5, 5.41) is 2.92. The van der Waals surface area contributed by atoms with E-state index in [-0.39, 0.29) is 69.6 Å². The third kappa shape index (κ3) is 10.2. The van der Waals surface area contributed by atoms with Gasteiger partial charge in [-0.15, -0.1) is 6.42 Å². The van der Waals surface area contributed by atoms with Gasteiger partial charge in [0, 0.05) is 12.3 Å². The van der Waals surface area contributed by atoms with Gasteiger partial charge in [0.25, 0.3) is 11.8 Å². The summed E-state index contributed by atoms with van der Waals surface area (Å²) in [4.78, 5) is 52.2. The summed E-state index contributed by atoms with van der Waals surface area (Å²) >= 11 is 0. The molecule has 12 heteroatoms.